The van der Waals surface area contributed by atoms with Crippen LogP contribution in [0, 0.1) is 0 Å². The molecule has 0 aliphatic rings. The van der Waals surface area contributed by atoms with Gasteiger partial charge in [-0.05, 0) is 26.0 Å². The number of aliphatic carboxylic acids is 1. The van der Waals surface area contributed by atoms with E-state index in [1.165, 1.54) is 0 Å². The number of carbonyl (C=O) groups is 1. The van der Waals surface area contributed by atoms with Crippen LogP contribution in [0.1, 0.15) is 31.6 Å². The zero-order valence-corrected chi connectivity index (χ0v) is 11.0. The highest BCUT2D eigenvalue weighted by atomic mass is 35.5. The number of aromatic nitrogens is 1. The molecule has 2 rings (SSSR count). The van der Waals surface area contributed by atoms with Gasteiger partial charge in [-0.15, -0.1) is 0 Å². The predicted molar refractivity (Wildman–Crippen MR) is 71.9 cm³/mol. The minimum atomic E-state index is -1.05. The second-order valence-corrected chi connectivity index (χ2v) is 4.93. The lowest BCUT2D eigenvalue weighted by Crippen LogP contribution is -2.24. The van der Waals surface area contributed by atoms with Crippen LogP contribution in [0.15, 0.2) is 24.3 Å². The number of rotatable bonds is 3. The van der Waals surface area contributed by atoms with Crippen molar-refractivity contribution in [1.29, 1.82) is 0 Å². The first kappa shape index (κ1) is 12.9. The molecule has 1 atom stereocenters. The summed E-state index contributed by atoms with van der Waals surface area (Å²) in [6, 6.07) is 6.36. The van der Waals surface area contributed by atoms with Gasteiger partial charge in [-0.2, -0.15) is 0 Å². The van der Waals surface area contributed by atoms with E-state index in [1.54, 1.807) is 12.1 Å². The Labute approximate surface area is 110 Å². The summed E-state index contributed by atoms with van der Waals surface area (Å²) in [5.74, 6) is -1.05. The lowest BCUT2D eigenvalue weighted by molar-refractivity contribution is -0.138. The molecule has 1 aromatic heterocycles. The molecule has 1 unspecified atom stereocenters. The third kappa shape index (κ3) is 1.98. The van der Waals surface area contributed by atoms with Gasteiger partial charge in [-0.1, -0.05) is 23.7 Å². The average molecular weight is 267 g/mol. The quantitative estimate of drug-likeness (QED) is 0.897. The molecule has 96 valence electrons. The lowest BCUT2D eigenvalue weighted by atomic mass is 10.2. The molecule has 1 heterocycles. The Hall–Kier alpha value is -1.52. The number of hydrogen-bond donors (Lipinski definition) is 2. The monoisotopic (exact) mass is 266 g/mol. The van der Waals surface area contributed by atoms with E-state index >= 15 is 0 Å². The van der Waals surface area contributed by atoms with Crippen molar-refractivity contribution in [2.45, 2.75) is 25.9 Å². The largest absolute Gasteiger partial charge is 0.480 e. The van der Waals surface area contributed by atoms with Gasteiger partial charge < -0.3 is 15.4 Å². The Kier molecular flexibility index (Phi) is 3.32. The molecule has 0 saturated heterocycles. The van der Waals surface area contributed by atoms with Crippen LogP contribution >= 0.6 is 11.6 Å². The zero-order valence-electron chi connectivity index (χ0n) is 10.2. The van der Waals surface area contributed by atoms with E-state index in [-0.39, 0.29) is 6.04 Å². The van der Waals surface area contributed by atoms with Crippen LogP contribution in [0.25, 0.3) is 10.9 Å². The van der Waals surface area contributed by atoms with Crippen molar-refractivity contribution in [2.75, 3.05) is 0 Å². The summed E-state index contributed by atoms with van der Waals surface area (Å²) in [4.78, 5) is 11.1. The van der Waals surface area contributed by atoms with Crippen molar-refractivity contribution in [2.24, 2.45) is 5.73 Å². The number of nitrogens with zero attached hydrogens (tertiary/aromatic N) is 1. The van der Waals surface area contributed by atoms with Gasteiger partial charge >= 0.3 is 5.97 Å². The van der Waals surface area contributed by atoms with Crippen LogP contribution in [-0.2, 0) is 4.79 Å². The van der Waals surface area contributed by atoms with E-state index in [2.05, 4.69) is 0 Å². The average Bonchev–Trinajstić information content (AvgIpc) is 2.68. The lowest BCUT2D eigenvalue weighted by Gasteiger charge is -2.17. The Morgan fingerprint density at radius 2 is 2.11 bits per heavy atom. The van der Waals surface area contributed by atoms with E-state index in [9.17, 15) is 4.79 Å². The number of carboxylic acid groups (broad SMARTS) is 1. The van der Waals surface area contributed by atoms with Crippen molar-refractivity contribution in [3.8, 4) is 0 Å². The fraction of sp³-hybridized carbons (Fsp3) is 0.308. The SMILES string of the molecule is CC(C)n1c(C(N)C(=O)O)cc2cccc(Cl)c21. The molecule has 4 nitrogen and oxygen atoms in total. The first-order valence-electron chi connectivity index (χ1n) is 5.71. The minimum Gasteiger partial charge on any atom is -0.480 e. The fourth-order valence-electron chi connectivity index (χ4n) is 2.18. The summed E-state index contributed by atoms with van der Waals surface area (Å²) < 4.78 is 1.89. The van der Waals surface area contributed by atoms with E-state index in [4.69, 9.17) is 22.4 Å². The topological polar surface area (TPSA) is 68.2 Å². The number of para-hydroxylation sites is 1. The van der Waals surface area contributed by atoms with Gasteiger partial charge in [-0.25, -0.2) is 0 Å². The Balaban J connectivity index is 2.78. The van der Waals surface area contributed by atoms with Crippen LogP contribution in [0.5, 0.6) is 0 Å². The van der Waals surface area contributed by atoms with Gasteiger partial charge in [0.15, 0.2) is 0 Å². The number of hydrogen-bond acceptors (Lipinski definition) is 2. The summed E-state index contributed by atoms with van der Waals surface area (Å²) in [6.07, 6.45) is 0. The van der Waals surface area contributed by atoms with Crippen LogP contribution in [0.2, 0.25) is 5.02 Å². The highest BCUT2D eigenvalue weighted by Gasteiger charge is 2.22. The highest BCUT2D eigenvalue weighted by Crippen LogP contribution is 2.32. The smallest absolute Gasteiger partial charge is 0.326 e. The molecule has 0 aliphatic heterocycles. The number of halogens is 1. The van der Waals surface area contributed by atoms with Gasteiger partial charge in [0.2, 0.25) is 0 Å². The molecule has 2 aromatic rings. The summed E-state index contributed by atoms with van der Waals surface area (Å²) in [7, 11) is 0. The van der Waals surface area contributed by atoms with E-state index < -0.39 is 12.0 Å². The first-order valence-corrected chi connectivity index (χ1v) is 6.09. The molecule has 1 aromatic carbocycles. The van der Waals surface area contributed by atoms with Gasteiger partial charge in [0, 0.05) is 17.1 Å². The molecule has 5 heteroatoms. The van der Waals surface area contributed by atoms with Crippen molar-refractivity contribution in [3.63, 3.8) is 0 Å². The molecule has 0 fully saturated rings. The van der Waals surface area contributed by atoms with Crippen molar-refractivity contribution < 1.29 is 9.90 Å². The zero-order chi connectivity index (χ0) is 13.4. The van der Waals surface area contributed by atoms with Gasteiger partial charge in [0.05, 0.1) is 10.5 Å². The standard InChI is InChI=1S/C13H15ClN2O2/c1-7(2)16-10(11(15)13(17)18)6-8-4-3-5-9(14)12(8)16/h3-7,11H,15H2,1-2H3,(H,17,18). The molecule has 0 spiro atoms. The van der Waals surface area contributed by atoms with Crippen LogP contribution in [0.3, 0.4) is 0 Å². The predicted octanol–water partition coefficient (Wildman–Crippen LogP) is 2.96. The Morgan fingerprint density at radius 3 is 2.67 bits per heavy atom. The van der Waals surface area contributed by atoms with Crippen LogP contribution < -0.4 is 5.73 Å². The maximum absolute atomic E-state index is 11.1. The third-order valence-electron chi connectivity index (χ3n) is 2.94. The minimum absolute atomic E-state index is 0.0859. The van der Waals surface area contributed by atoms with Gasteiger partial charge in [0.25, 0.3) is 0 Å². The summed E-state index contributed by atoms with van der Waals surface area (Å²) in [5.41, 5.74) is 7.13. The molecule has 0 bridgehead atoms. The first-order chi connectivity index (χ1) is 8.43. The number of carboxylic acids is 1. The van der Waals surface area contributed by atoms with Gasteiger partial charge in [-0.3, -0.25) is 4.79 Å². The van der Waals surface area contributed by atoms with Crippen LogP contribution in [0.4, 0.5) is 0 Å². The molecule has 3 N–H and O–H groups in total. The Morgan fingerprint density at radius 1 is 1.44 bits per heavy atom. The second-order valence-electron chi connectivity index (χ2n) is 4.53. The summed E-state index contributed by atoms with van der Waals surface area (Å²) >= 11 is 6.19. The normalized spacial score (nSPS) is 13.2. The summed E-state index contributed by atoms with van der Waals surface area (Å²) in [5, 5.41) is 10.6. The summed E-state index contributed by atoms with van der Waals surface area (Å²) in [6.45, 7) is 3.95. The molecule has 0 aliphatic carbocycles. The Bertz CT molecular complexity index is 604. The van der Waals surface area contributed by atoms with Crippen molar-refractivity contribution in [1.82, 2.24) is 4.57 Å². The number of nitrogens with two attached hydrogens (primary N) is 1. The molecule has 0 radical (unpaired) electrons. The molecule has 18 heavy (non-hydrogen) atoms. The molecular formula is C13H15ClN2O2. The molecule has 0 saturated carbocycles. The second kappa shape index (κ2) is 4.63. The van der Waals surface area contributed by atoms with E-state index in [0.29, 0.717) is 10.7 Å². The van der Waals surface area contributed by atoms with Gasteiger partial charge in [0.1, 0.15) is 6.04 Å². The molecular weight excluding hydrogens is 252 g/mol. The third-order valence-corrected chi connectivity index (χ3v) is 3.25. The van der Waals surface area contributed by atoms with Crippen LogP contribution in [-0.4, -0.2) is 15.6 Å². The van der Waals surface area contributed by atoms with Crippen molar-refractivity contribution >= 4 is 28.5 Å². The number of benzene rings is 1. The van der Waals surface area contributed by atoms with E-state index in [1.807, 2.05) is 30.5 Å². The fourth-order valence-corrected chi connectivity index (χ4v) is 2.46. The highest BCUT2D eigenvalue weighted by molar-refractivity contribution is 6.35. The molecule has 0 amide bonds. The number of fused-ring (bicyclic) bond motifs is 1. The van der Waals surface area contributed by atoms with E-state index in [0.717, 1.165) is 10.9 Å². The van der Waals surface area contributed by atoms with Crippen molar-refractivity contribution in [3.05, 3.63) is 35.0 Å². The maximum Gasteiger partial charge on any atom is 0.326 e. The maximum atomic E-state index is 11.1.